The monoisotopic (exact) mass is 347 g/mol. The van der Waals surface area contributed by atoms with Crippen molar-refractivity contribution in [3.63, 3.8) is 0 Å². The average Bonchev–Trinajstić information content (AvgIpc) is 2.63. The number of amides is 2. The van der Waals surface area contributed by atoms with Gasteiger partial charge in [-0.2, -0.15) is 0 Å². The van der Waals surface area contributed by atoms with E-state index in [0.29, 0.717) is 22.0 Å². The molecule has 0 radical (unpaired) electrons. The zero-order valence-corrected chi connectivity index (χ0v) is 13.9. The lowest BCUT2D eigenvalue weighted by molar-refractivity contribution is 0.262. The van der Waals surface area contributed by atoms with Crippen LogP contribution in [-0.4, -0.2) is 11.0 Å². The number of aromatic nitrogens is 1. The van der Waals surface area contributed by atoms with Gasteiger partial charge in [0.2, 0.25) is 0 Å². The van der Waals surface area contributed by atoms with Crippen LogP contribution in [0.4, 0.5) is 16.2 Å². The SMILES string of the molecule is O=C(Nc1cncc(C#Cc2ccccc2)c1)Nc1ccccc1Cl. The molecule has 3 rings (SSSR count). The molecule has 0 aliphatic rings. The Morgan fingerprint density at radius 3 is 2.40 bits per heavy atom. The van der Waals surface area contributed by atoms with Gasteiger partial charge < -0.3 is 10.6 Å². The van der Waals surface area contributed by atoms with Gasteiger partial charge >= 0.3 is 6.03 Å². The quantitative estimate of drug-likeness (QED) is 0.655. The third-order valence-electron chi connectivity index (χ3n) is 3.24. The summed E-state index contributed by atoms with van der Waals surface area (Å²) in [5, 5.41) is 5.88. The molecule has 0 saturated carbocycles. The molecular formula is C20H14ClN3O. The number of pyridine rings is 1. The van der Waals surface area contributed by atoms with Crippen LogP contribution in [0.15, 0.2) is 73.1 Å². The lowest BCUT2D eigenvalue weighted by Gasteiger charge is -2.08. The number of halogens is 1. The van der Waals surface area contributed by atoms with E-state index >= 15 is 0 Å². The maximum Gasteiger partial charge on any atom is 0.323 e. The van der Waals surface area contributed by atoms with Crippen LogP contribution in [0.5, 0.6) is 0 Å². The Bertz CT molecular complexity index is 946. The molecule has 2 amide bonds. The molecule has 0 saturated heterocycles. The number of urea groups is 1. The molecule has 0 atom stereocenters. The van der Waals surface area contributed by atoms with Gasteiger partial charge in [-0.25, -0.2) is 4.79 Å². The van der Waals surface area contributed by atoms with Crippen LogP contribution in [0, 0.1) is 11.8 Å². The maximum atomic E-state index is 12.1. The first-order valence-corrected chi connectivity index (χ1v) is 7.93. The Kier molecular flexibility index (Phi) is 5.30. The molecule has 25 heavy (non-hydrogen) atoms. The van der Waals surface area contributed by atoms with Crippen molar-refractivity contribution in [2.24, 2.45) is 0 Å². The second-order valence-electron chi connectivity index (χ2n) is 5.14. The highest BCUT2D eigenvalue weighted by Gasteiger charge is 2.05. The van der Waals surface area contributed by atoms with Crippen LogP contribution < -0.4 is 10.6 Å². The standard InChI is InChI=1S/C20H14ClN3O/c21-18-8-4-5-9-19(18)24-20(25)23-17-12-16(13-22-14-17)11-10-15-6-2-1-3-7-15/h1-9,12-14H,(H2,23,24,25). The molecule has 1 aromatic heterocycles. The fraction of sp³-hybridized carbons (Fsp3) is 0. The highest BCUT2D eigenvalue weighted by Crippen LogP contribution is 2.20. The zero-order chi connectivity index (χ0) is 17.5. The Balaban J connectivity index is 1.69. The minimum absolute atomic E-state index is 0.400. The summed E-state index contributed by atoms with van der Waals surface area (Å²) in [5.74, 6) is 6.08. The summed E-state index contributed by atoms with van der Waals surface area (Å²) in [7, 11) is 0. The number of para-hydroxylation sites is 1. The molecule has 0 spiro atoms. The smallest absolute Gasteiger partial charge is 0.306 e. The summed E-state index contributed by atoms with van der Waals surface area (Å²) in [5.41, 5.74) is 2.70. The summed E-state index contributed by atoms with van der Waals surface area (Å²) in [4.78, 5) is 16.2. The van der Waals surface area contributed by atoms with E-state index < -0.39 is 6.03 Å². The predicted octanol–water partition coefficient (Wildman–Crippen LogP) is 4.78. The van der Waals surface area contributed by atoms with Crippen molar-refractivity contribution in [3.05, 3.63) is 89.2 Å². The van der Waals surface area contributed by atoms with Crippen molar-refractivity contribution in [2.75, 3.05) is 10.6 Å². The first kappa shape index (κ1) is 16.6. The van der Waals surface area contributed by atoms with E-state index in [9.17, 15) is 4.79 Å². The van der Waals surface area contributed by atoms with Gasteiger partial charge in [0.15, 0.2) is 0 Å². The summed E-state index contributed by atoms with van der Waals surface area (Å²) >= 11 is 6.02. The van der Waals surface area contributed by atoms with Crippen LogP contribution in [-0.2, 0) is 0 Å². The van der Waals surface area contributed by atoms with Crippen LogP contribution in [0.1, 0.15) is 11.1 Å². The highest BCUT2D eigenvalue weighted by atomic mass is 35.5. The Labute approximate surface area is 150 Å². The number of anilines is 2. The molecule has 4 nitrogen and oxygen atoms in total. The van der Waals surface area contributed by atoms with E-state index in [1.807, 2.05) is 30.3 Å². The third-order valence-corrected chi connectivity index (χ3v) is 3.57. The Morgan fingerprint density at radius 2 is 1.60 bits per heavy atom. The molecule has 3 aromatic rings. The summed E-state index contributed by atoms with van der Waals surface area (Å²) < 4.78 is 0. The van der Waals surface area contributed by atoms with Gasteiger partial charge in [0, 0.05) is 17.3 Å². The van der Waals surface area contributed by atoms with Crippen molar-refractivity contribution < 1.29 is 4.79 Å². The second-order valence-corrected chi connectivity index (χ2v) is 5.54. The molecule has 0 unspecified atom stereocenters. The summed E-state index contributed by atoms with van der Waals surface area (Å²) in [6, 6.07) is 18.0. The Morgan fingerprint density at radius 1 is 0.880 bits per heavy atom. The zero-order valence-electron chi connectivity index (χ0n) is 13.2. The maximum absolute atomic E-state index is 12.1. The second kappa shape index (κ2) is 8.00. The van der Waals surface area contributed by atoms with Gasteiger partial charge in [0.25, 0.3) is 0 Å². The molecule has 5 heteroatoms. The van der Waals surface area contributed by atoms with E-state index in [2.05, 4.69) is 27.5 Å². The topological polar surface area (TPSA) is 54.0 Å². The minimum Gasteiger partial charge on any atom is -0.306 e. The van der Waals surface area contributed by atoms with Gasteiger partial charge in [-0.05, 0) is 30.3 Å². The van der Waals surface area contributed by atoms with Crippen LogP contribution in [0.2, 0.25) is 5.02 Å². The molecule has 2 aromatic carbocycles. The lowest BCUT2D eigenvalue weighted by Crippen LogP contribution is -2.19. The van der Waals surface area contributed by atoms with Gasteiger partial charge in [-0.1, -0.05) is 53.8 Å². The predicted molar refractivity (Wildman–Crippen MR) is 101 cm³/mol. The van der Waals surface area contributed by atoms with Crippen LogP contribution in [0.3, 0.4) is 0 Å². The number of benzene rings is 2. The fourth-order valence-electron chi connectivity index (χ4n) is 2.09. The molecule has 0 bridgehead atoms. The molecule has 122 valence electrons. The summed E-state index contributed by atoms with van der Waals surface area (Å²) in [6.07, 6.45) is 3.20. The first-order valence-electron chi connectivity index (χ1n) is 7.55. The largest absolute Gasteiger partial charge is 0.323 e. The van der Waals surface area contributed by atoms with Gasteiger partial charge in [0.05, 0.1) is 22.6 Å². The normalized spacial score (nSPS) is 9.64. The summed E-state index contributed by atoms with van der Waals surface area (Å²) in [6.45, 7) is 0. The molecule has 2 N–H and O–H groups in total. The number of rotatable bonds is 2. The first-order chi connectivity index (χ1) is 12.2. The number of nitrogens with one attached hydrogen (secondary N) is 2. The van der Waals surface area contributed by atoms with E-state index in [1.54, 1.807) is 42.7 Å². The number of hydrogen-bond acceptors (Lipinski definition) is 2. The number of carbonyl (C=O) groups is 1. The van der Waals surface area contributed by atoms with Crippen LogP contribution in [0.25, 0.3) is 0 Å². The third kappa shape index (κ3) is 4.84. The van der Waals surface area contributed by atoms with Gasteiger partial charge in [0.1, 0.15) is 0 Å². The lowest BCUT2D eigenvalue weighted by atomic mass is 10.2. The van der Waals surface area contributed by atoms with Crippen molar-refractivity contribution >= 4 is 29.0 Å². The molecule has 1 heterocycles. The highest BCUT2D eigenvalue weighted by molar-refractivity contribution is 6.33. The molecular weight excluding hydrogens is 334 g/mol. The van der Waals surface area contributed by atoms with E-state index in [1.165, 1.54) is 0 Å². The van der Waals surface area contributed by atoms with E-state index in [-0.39, 0.29) is 0 Å². The van der Waals surface area contributed by atoms with Crippen molar-refractivity contribution in [2.45, 2.75) is 0 Å². The molecule has 0 aliphatic carbocycles. The number of nitrogens with zero attached hydrogens (tertiary/aromatic N) is 1. The minimum atomic E-state index is -0.400. The van der Waals surface area contributed by atoms with Crippen molar-refractivity contribution in [3.8, 4) is 11.8 Å². The van der Waals surface area contributed by atoms with Gasteiger partial charge in [-0.15, -0.1) is 0 Å². The van der Waals surface area contributed by atoms with E-state index in [4.69, 9.17) is 11.6 Å². The fourth-order valence-corrected chi connectivity index (χ4v) is 2.27. The van der Waals surface area contributed by atoms with E-state index in [0.717, 1.165) is 5.56 Å². The van der Waals surface area contributed by atoms with Crippen LogP contribution >= 0.6 is 11.6 Å². The van der Waals surface area contributed by atoms with Gasteiger partial charge in [-0.3, -0.25) is 4.98 Å². The number of carbonyl (C=O) groups excluding carboxylic acids is 1. The molecule has 0 aliphatic heterocycles. The van der Waals surface area contributed by atoms with Crippen molar-refractivity contribution in [1.29, 1.82) is 0 Å². The number of hydrogen-bond donors (Lipinski definition) is 2. The average molecular weight is 348 g/mol. The van der Waals surface area contributed by atoms with Crippen molar-refractivity contribution in [1.82, 2.24) is 4.98 Å². The Hall–Kier alpha value is -3.29. The molecule has 0 fully saturated rings.